The van der Waals surface area contributed by atoms with E-state index in [1.165, 1.54) is 89.2 Å². The molecule has 0 bridgehead atoms. The van der Waals surface area contributed by atoms with Crippen LogP contribution in [0.1, 0.15) is 169 Å². The van der Waals surface area contributed by atoms with E-state index in [2.05, 4.69) is 221 Å². The van der Waals surface area contributed by atoms with Crippen molar-refractivity contribution in [1.82, 2.24) is 51.5 Å². The van der Waals surface area contributed by atoms with Gasteiger partial charge in [-0.05, 0) is 142 Å². The number of para-hydroxylation sites is 2. The highest BCUT2D eigenvalue weighted by molar-refractivity contribution is 5.99. The van der Waals surface area contributed by atoms with Crippen molar-refractivity contribution in [2.75, 3.05) is 54.1 Å². The van der Waals surface area contributed by atoms with Gasteiger partial charge in [0, 0.05) is 97.7 Å². The first-order valence-corrected chi connectivity index (χ1v) is 45.2. The number of halogens is 1. The molecule has 0 saturated heterocycles. The Morgan fingerprint density at radius 1 is 0.267 bits per heavy atom. The summed E-state index contributed by atoms with van der Waals surface area (Å²) in [4.78, 5) is 82.9. The fraction of sp³-hybridized carbons (Fsp3) is 0.155. The first-order valence-electron chi connectivity index (χ1n) is 45.2. The van der Waals surface area contributed by atoms with Gasteiger partial charge in [0.15, 0.2) is 0 Å². The van der Waals surface area contributed by atoms with Gasteiger partial charge in [-0.15, -0.1) is 0 Å². The van der Waals surface area contributed by atoms with Crippen LogP contribution in [0.5, 0.6) is 17.6 Å². The third-order valence-corrected chi connectivity index (χ3v) is 23.0. The average molecular weight is 1790 g/mol. The summed E-state index contributed by atoms with van der Waals surface area (Å²) < 4.78 is 29.0. The Bertz CT molecular complexity index is 6140. The molecule has 135 heavy (non-hydrogen) atoms. The first kappa shape index (κ1) is 96.2. The molecule has 0 atom stereocenters. The number of methoxy groups -OCH3 is 3. The topological polar surface area (TPSA) is 238 Å². The molecule has 0 fully saturated rings. The Hall–Kier alpha value is -16.4. The quantitative estimate of drug-likeness (QED) is 0.0241. The van der Waals surface area contributed by atoms with Gasteiger partial charge < -0.3 is 40.8 Å². The lowest BCUT2D eigenvalue weighted by molar-refractivity contribution is 0.0939. The predicted molar refractivity (Wildman–Crippen MR) is 534 cm³/mol. The fourth-order valence-corrected chi connectivity index (χ4v) is 16.1. The van der Waals surface area contributed by atoms with Crippen molar-refractivity contribution in [2.24, 2.45) is 0 Å². The van der Waals surface area contributed by atoms with Crippen LogP contribution in [0.2, 0.25) is 0 Å². The number of ether oxygens (including phenoxy) is 3. The normalized spacial score (nSPS) is 10.7. The molecule has 0 spiro atoms. The van der Waals surface area contributed by atoms with Crippen molar-refractivity contribution < 1.29 is 42.6 Å². The zero-order valence-corrected chi connectivity index (χ0v) is 75.8. The van der Waals surface area contributed by atoms with Crippen molar-refractivity contribution in [1.29, 1.82) is 0 Å². The lowest BCUT2D eigenvalue weighted by Crippen LogP contribution is -2.27. The third-order valence-electron chi connectivity index (χ3n) is 23.0. The Kier molecular flexibility index (Phi) is 36.9. The van der Waals surface area contributed by atoms with E-state index >= 15 is 0 Å². The summed E-state index contributed by atoms with van der Waals surface area (Å²) >= 11 is 0. The Morgan fingerprint density at radius 2 is 0.570 bits per heavy atom. The lowest BCUT2D eigenvalue weighted by Gasteiger charge is -2.18. The van der Waals surface area contributed by atoms with Gasteiger partial charge in [0.05, 0.1) is 43.5 Å². The Balaban J connectivity index is 0.000000143. The number of aromatic nitrogens is 5. The van der Waals surface area contributed by atoms with Gasteiger partial charge in [-0.3, -0.25) is 29.0 Å². The lowest BCUT2D eigenvalue weighted by atomic mass is 9.88. The molecule has 19 heteroatoms. The SMILES string of the molecule is COc1ccc(C(=O)NCCC(c2ccccc2)c2ccccc2)c(OC)n1.COc1ncccc1C(=O)NCCC(c1ccccc1)c1ccccc1.O=C(NCCC(c1ccccc1)c1ccccc1)c1ccc2ccccc2n1.O=C(NCCC(c1ccccc1)c1ccccc1)c1cccnc1F.O=C(NCCC(c1ccccc1)c1ccccc1)c1cnc2ccccc2c1. The van der Waals surface area contributed by atoms with E-state index in [0.29, 0.717) is 66.9 Å². The highest BCUT2D eigenvalue weighted by Gasteiger charge is 2.23. The molecule has 0 aliphatic rings. The molecule has 18 nitrogen and oxygen atoms in total. The fourth-order valence-electron chi connectivity index (χ4n) is 16.1. The molecular weight excluding hydrogens is 1680 g/mol. The van der Waals surface area contributed by atoms with Crippen LogP contribution in [0.4, 0.5) is 4.39 Å². The van der Waals surface area contributed by atoms with Gasteiger partial charge in [0.2, 0.25) is 23.6 Å². The molecule has 17 aromatic rings. The monoisotopic (exact) mass is 1790 g/mol. The number of nitrogens with zero attached hydrogens (tertiary/aromatic N) is 5. The van der Waals surface area contributed by atoms with Crippen molar-refractivity contribution in [3.8, 4) is 17.6 Å². The number of pyridine rings is 5. The second-order valence-electron chi connectivity index (χ2n) is 31.7. The number of hydrogen-bond acceptors (Lipinski definition) is 13. The van der Waals surface area contributed by atoms with Crippen LogP contribution in [-0.4, -0.2) is 109 Å². The summed E-state index contributed by atoms with van der Waals surface area (Å²) in [6.07, 6.45) is 8.55. The van der Waals surface area contributed by atoms with Gasteiger partial charge in [-0.25, -0.2) is 15.0 Å². The molecule has 5 N–H and O–H groups in total. The zero-order chi connectivity index (χ0) is 93.8. The van der Waals surface area contributed by atoms with Crippen LogP contribution in [-0.2, 0) is 0 Å². The second kappa shape index (κ2) is 51.8. The van der Waals surface area contributed by atoms with E-state index in [-0.39, 0.29) is 64.7 Å². The van der Waals surface area contributed by atoms with E-state index in [0.717, 1.165) is 53.9 Å². The van der Waals surface area contributed by atoms with Gasteiger partial charge in [-0.1, -0.05) is 346 Å². The minimum Gasteiger partial charge on any atom is -0.481 e. The molecule has 0 radical (unpaired) electrons. The Morgan fingerprint density at radius 3 is 0.926 bits per heavy atom. The highest BCUT2D eigenvalue weighted by Crippen LogP contribution is 2.34. The molecule has 0 unspecified atom stereocenters. The third kappa shape index (κ3) is 28.5. The summed E-state index contributed by atoms with van der Waals surface area (Å²) in [6.45, 7) is 2.72. The first-order chi connectivity index (χ1) is 66.4. The van der Waals surface area contributed by atoms with Crippen LogP contribution >= 0.6 is 0 Å². The summed E-state index contributed by atoms with van der Waals surface area (Å²) in [5, 5.41) is 16.9. The standard InChI is InChI=1S/2C25H22N2O.C23H24N2O3.C22H22N2O2.C21H19FN2O/c28-25(22-17-21-13-7-8-14-24(21)27-18-22)26-16-15-23(19-9-3-1-4-10-19)20-11-5-2-6-12-20;28-25(24-16-15-21-13-7-8-14-23(21)27-24)26-18-17-22(19-9-3-1-4-10-19)20-11-5-2-6-12-20;1-27-21-14-13-20(23(25-21)28-2)22(26)24-16-15-19(17-9-5-3-6-10-17)18-11-7-4-8-12-18;1-26-22-20(13-8-15-24-22)21(25)23-16-14-19(17-9-4-2-5-10-17)18-11-6-3-7-12-18;22-20-19(12-7-14-23-20)21(25)24-15-13-18(16-8-3-1-4-9-16)17-10-5-2-6-11-17/h1-14,17-18,23H,15-16H2,(H,26,28);1-16,22H,17-18H2,(H,26,28);3-14,19H,15-16H2,1-2H3,(H,24,26);2-13,15,19H,14,16H2,1H3,(H,23,25);1-12,14,18H,13,15H2,(H,24,25). The molecule has 0 aliphatic carbocycles. The van der Waals surface area contributed by atoms with Crippen molar-refractivity contribution >= 4 is 51.3 Å². The minimum absolute atomic E-state index is 0.0292. The molecule has 678 valence electrons. The molecule has 12 aromatic carbocycles. The van der Waals surface area contributed by atoms with E-state index in [1.807, 2.05) is 194 Å². The Labute approximate surface area is 788 Å². The minimum atomic E-state index is -0.748. The van der Waals surface area contributed by atoms with Crippen LogP contribution in [0, 0.1) is 5.95 Å². The van der Waals surface area contributed by atoms with Gasteiger partial charge in [0.1, 0.15) is 16.8 Å². The number of rotatable bonds is 33. The summed E-state index contributed by atoms with van der Waals surface area (Å²) in [7, 11) is 4.52. The molecule has 5 aromatic heterocycles. The maximum Gasteiger partial charge on any atom is 0.269 e. The zero-order valence-electron chi connectivity index (χ0n) is 75.8. The molecular formula is C116H109FN10O8. The maximum absolute atomic E-state index is 13.6. The second-order valence-corrected chi connectivity index (χ2v) is 31.7. The van der Waals surface area contributed by atoms with Crippen molar-refractivity contribution in [3.05, 3.63) is 515 Å². The summed E-state index contributed by atoms with van der Waals surface area (Å²) in [6, 6.07) is 134. The maximum atomic E-state index is 13.6. The van der Waals surface area contributed by atoms with Crippen LogP contribution in [0.15, 0.2) is 425 Å². The highest BCUT2D eigenvalue weighted by atomic mass is 19.1. The molecule has 0 saturated carbocycles. The number of fused-ring (bicyclic) bond motifs is 2. The van der Waals surface area contributed by atoms with E-state index < -0.39 is 11.9 Å². The molecule has 5 heterocycles. The molecule has 0 aliphatic heterocycles. The molecule has 17 rings (SSSR count). The smallest absolute Gasteiger partial charge is 0.269 e. The van der Waals surface area contributed by atoms with Crippen LogP contribution < -0.4 is 40.8 Å². The van der Waals surface area contributed by atoms with Crippen molar-refractivity contribution in [3.63, 3.8) is 0 Å². The van der Waals surface area contributed by atoms with E-state index in [9.17, 15) is 28.4 Å². The number of nitrogens with one attached hydrogen (secondary N) is 5. The van der Waals surface area contributed by atoms with Crippen LogP contribution in [0.25, 0.3) is 21.8 Å². The number of hydrogen-bond donors (Lipinski definition) is 5. The van der Waals surface area contributed by atoms with Gasteiger partial charge in [0.25, 0.3) is 29.5 Å². The average Bonchev–Trinajstić information content (AvgIpc) is 0.833. The summed E-state index contributed by atoms with van der Waals surface area (Å²) in [5.74, 6) is 0.297. The summed E-state index contributed by atoms with van der Waals surface area (Å²) in [5.41, 5.74) is 15.9. The number of carbonyl (C=O) groups excluding carboxylic acids is 5. The van der Waals surface area contributed by atoms with E-state index in [4.69, 9.17) is 14.2 Å². The van der Waals surface area contributed by atoms with Gasteiger partial charge in [-0.2, -0.15) is 9.37 Å². The number of carbonyl (C=O) groups is 5. The van der Waals surface area contributed by atoms with Crippen LogP contribution in [0.3, 0.4) is 0 Å². The van der Waals surface area contributed by atoms with Crippen molar-refractivity contribution in [2.45, 2.75) is 61.7 Å². The predicted octanol–water partition coefficient (Wildman–Crippen LogP) is 22.6. The van der Waals surface area contributed by atoms with E-state index in [1.54, 1.807) is 48.8 Å². The number of amides is 5. The molecule has 5 amide bonds. The largest absolute Gasteiger partial charge is 0.481 e. The number of benzene rings is 12. The van der Waals surface area contributed by atoms with Gasteiger partial charge >= 0.3 is 0 Å².